The minimum atomic E-state index is 0.375. The fourth-order valence-corrected chi connectivity index (χ4v) is 1.76. The Bertz CT molecular complexity index is 697. The third-order valence-corrected chi connectivity index (χ3v) is 2.64. The summed E-state index contributed by atoms with van der Waals surface area (Å²) in [6.45, 7) is 0. The Kier molecular flexibility index (Phi) is 2.53. The van der Waals surface area contributed by atoms with Crippen molar-refractivity contribution in [1.29, 1.82) is 0 Å². The zero-order valence-electron chi connectivity index (χ0n) is 9.58. The lowest BCUT2D eigenvalue weighted by Crippen LogP contribution is -1.95. The second-order valence-corrected chi connectivity index (χ2v) is 3.89. The van der Waals surface area contributed by atoms with Crippen LogP contribution < -0.4 is 10.5 Å². The molecule has 0 amide bonds. The summed E-state index contributed by atoms with van der Waals surface area (Å²) >= 11 is 0. The highest BCUT2D eigenvalue weighted by molar-refractivity contribution is 5.83. The third-order valence-electron chi connectivity index (χ3n) is 2.64. The number of nitrogen functional groups attached to an aromatic ring is 1. The highest BCUT2D eigenvalue weighted by Gasteiger charge is 2.03. The van der Waals surface area contributed by atoms with Crippen LogP contribution in [-0.2, 0) is 0 Å². The van der Waals surface area contributed by atoms with Crippen LogP contribution >= 0.6 is 0 Å². The number of hydrogen-bond donors (Lipinski definition) is 1. The molecule has 0 saturated carbocycles. The molecule has 1 heterocycles. The van der Waals surface area contributed by atoms with E-state index in [1.54, 1.807) is 0 Å². The number of rotatable bonds is 2. The maximum atomic E-state index is 5.73. The van der Waals surface area contributed by atoms with E-state index in [1.165, 1.54) is 17.9 Å². The average Bonchev–Trinajstić information content (AvgIpc) is 2.41. The van der Waals surface area contributed by atoms with Gasteiger partial charge in [-0.1, -0.05) is 30.3 Å². The molecule has 0 aliphatic carbocycles. The topological polar surface area (TPSA) is 61.0 Å². The zero-order valence-corrected chi connectivity index (χ0v) is 9.58. The van der Waals surface area contributed by atoms with Gasteiger partial charge in [0.1, 0.15) is 17.8 Å². The van der Waals surface area contributed by atoms with Crippen LogP contribution in [0.2, 0.25) is 0 Å². The molecule has 3 aromatic rings. The summed E-state index contributed by atoms with van der Waals surface area (Å²) < 4.78 is 5.64. The SMILES string of the molecule is Nc1cncnc1Oc1ccc2ccccc2c1. The number of fused-ring (bicyclic) bond motifs is 1. The number of hydrogen-bond acceptors (Lipinski definition) is 4. The molecule has 88 valence electrons. The zero-order chi connectivity index (χ0) is 12.4. The Morgan fingerprint density at radius 3 is 2.67 bits per heavy atom. The summed E-state index contributed by atoms with van der Waals surface area (Å²) in [6, 6.07) is 13.9. The van der Waals surface area contributed by atoms with Gasteiger partial charge in [0.05, 0.1) is 6.20 Å². The van der Waals surface area contributed by atoms with E-state index in [1.807, 2.05) is 36.4 Å². The summed E-state index contributed by atoms with van der Waals surface area (Å²) in [7, 11) is 0. The first-order valence-corrected chi connectivity index (χ1v) is 5.55. The van der Waals surface area contributed by atoms with E-state index < -0.39 is 0 Å². The molecule has 0 aliphatic rings. The van der Waals surface area contributed by atoms with Gasteiger partial charge in [-0.15, -0.1) is 0 Å². The van der Waals surface area contributed by atoms with Crippen LogP contribution in [0.4, 0.5) is 5.69 Å². The van der Waals surface area contributed by atoms with Crippen molar-refractivity contribution in [2.45, 2.75) is 0 Å². The van der Waals surface area contributed by atoms with Crippen molar-refractivity contribution in [1.82, 2.24) is 9.97 Å². The molecule has 18 heavy (non-hydrogen) atoms. The van der Waals surface area contributed by atoms with Gasteiger partial charge in [-0.25, -0.2) is 4.98 Å². The van der Waals surface area contributed by atoms with E-state index in [0.717, 1.165) is 5.39 Å². The van der Waals surface area contributed by atoms with Crippen LogP contribution in [0.3, 0.4) is 0 Å². The number of benzene rings is 2. The molecule has 0 spiro atoms. The van der Waals surface area contributed by atoms with E-state index in [4.69, 9.17) is 10.5 Å². The van der Waals surface area contributed by atoms with Crippen LogP contribution in [0.15, 0.2) is 55.0 Å². The second-order valence-electron chi connectivity index (χ2n) is 3.89. The summed E-state index contributed by atoms with van der Waals surface area (Å²) in [5.74, 6) is 1.08. The first-order valence-electron chi connectivity index (χ1n) is 5.55. The van der Waals surface area contributed by atoms with E-state index >= 15 is 0 Å². The van der Waals surface area contributed by atoms with E-state index in [-0.39, 0.29) is 0 Å². The second kappa shape index (κ2) is 4.33. The monoisotopic (exact) mass is 237 g/mol. The third kappa shape index (κ3) is 1.96. The van der Waals surface area contributed by atoms with E-state index in [2.05, 4.69) is 16.0 Å². The molecule has 0 radical (unpaired) electrons. The summed E-state index contributed by atoms with van der Waals surface area (Å²) in [5, 5.41) is 2.28. The van der Waals surface area contributed by atoms with Gasteiger partial charge in [0, 0.05) is 0 Å². The van der Waals surface area contributed by atoms with Gasteiger partial charge < -0.3 is 10.5 Å². The van der Waals surface area contributed by atoms with Gasteiger partial charge >= 0.3 is 0 Å². The number of nitrogens with zero attached hydrogens (tertiary/aromatic N) is 2. The quantitative estimate of drug-likeness (QED) is 0.744. The van der Waals surface area contributed by atoms with Gasteiger partial charge in [0.15, 0.2) is 0 Å². The van der Waals surface area contributed by atoms with Crippen molar-refractivity contribution < 1.29 is 4.74 Å². The summed E-state index contributed by atoms with van der Waals surface area (Å²) in [4.78, 5) is 7.82. The van der Waals surface area contributed by atoms with E-state index in [9.17, 15) is 0 Å². The average molecular weight is 237 g/mol. The molecule has 3 rings (SSSR count). The minimum absolute atomic E-state index is 0.375. The lowest BCUT2D eigenvalue weighted by molar-refractivity contribution is 0.465. The number of aromatic nitrogens is 2. The van der Waals surface area contributed by atoms with Crippen LogP contribution in [0.5, 0.6) is 11.6 Å². The van der Waals surface area contributed by atoms with Gasteiger partial charge in [-0.3, -0.25) is 0 Å². The van der Waals surface area contributed by atoms with Crippen molar-refractivity contribution in [3.63, 3.8) is 0 Å². The molecule has 0 atom stereocenters. The standard InChI is InChI=1S/C14H11N3O/c15-13-8-16-9-17-14(13)18-12-6-5-10-3-1-2-4-11(10)7-12/h1-9H,15H2. The van der Waals surface area contributed by atoms with Gasteiger partial charge in [0.2, 0.25) is 5.88 Å². The Hall–Kier alpha value is -2.62. The molecule has 0 aliphatic heterocycles. The molecule has 4 heteroatoms. The maximum Gasteiger partial charge on any atom is 0.245 e. The normalized spacial score (nSPS) is 10.4. The number of anilines is 1. The van der Waals surface area contributed by atoms with Crippen molar-refractivity contribution in [3.8, 4) is 11.6 Å². The first-order chi connectivity index (χ1) is 8.83. The van der Waals surface area contributed by atoms with Gasteiger partial charge in [-0.2, -0.15) is 4.98 Å². The molecule has 1 aromatic heterocycles. The Balaban J connectivity index is 1.98. The largest absolute Gasteiger partial charge is 0.437 e. The molecule has 2 N–H and O–H groups in total. The molecular weight excluding hydrogens is 226 g/mol. The Labute approximate surface area is 104 Å². The van der Waals surface area contributed by atoms with Crippen LogP contribution in [0.1, 0.15) is 0 Å². The predicted molar refractivity (Wildman–Crippen MR) is 70.5 cm³/mol. The smallest absolute Gasteiger partial charge is 0.245 e. The Morgan fingerprint density at radius 1 is 1.00 bits per heavy atom. The molecule has 0 saturated heterocycles. The lowest BCUT2D eigenvalue weighted by Gasteiger charge is -2.07. The predicted octanol–water partition coefficient (Wildman–Crippen LogP) is 3.00. The molecule has 0 bridgehead atoms. The number of nitrogens with two attached hydrogens (primary N) is 1. The fourth-order valence-electron chi connectivity index (χ4n) is 1.76. The Morgan fingerprint density at radius 2 is 1.83 bits per heavy atom. The van der Waals surface area contributed by atoms with Crippen LogP contribution in [-0.4, -0.2) is 9.97 Å². The molecule has 0 unspecified atom stereocenters. The fraction of sp³-hybridized carbons (Fsp3) is 0. The molecule has 0 fully saturated rings. The van der Waals surface area contributed by atoms with Crippen molar-refractivity contribution in [2.24, 2.45) is 0 Å². The highest BCUT2D eigenvalue weighted by atomic mass is 16.5. The van der Waals surface area contributed by atoms with Crippen molar-refractivity contribution in [3.05, 3.63) is 55.0 Å². The molecular formula is C14H11N3O. The highest BCUT2D eigenvalue weighted by Crippen LogP contribution is 2.26. The maximum absolute atomic E-state index is 5.73. The van der Waals surface area contributed by atoms with Gasteiger partial charge in [0.25, 0.3) is 0 Å². The van der Waals surface area contributed by atoms with Crippen LogP contribution in [0, 0.1) is 0 Å². The molecule has 4 nitrogen and oxygen atoms in total. The molecule has 2 aromatic carbocycles. The van der Waals surface area contributed by atoms with Crippen molar-refractivity contribution >= 4 is 16.5 Å². The summed E-state index contributed by atoms with van der Waals surface area (Å²) in [5.41, 5.74) is 6.15. The van der Waals surface area contributed by atoms with Crippen molar-refractivity contribution in [2.75, 3.05) is 5.73 Å². The van der Waals surface area contributed by atoms with Gasteiger partial charge in [-0.05, 0) is 22.9 Å². The first kappa shape index (κ1) is 10.5. The lowest BCUT2D eigenvalue weighted by atomic mass is 10.1. The summed E-state index contributed by atoms with van der Waals surface area (Å²) in [6.07, 6.45) is 2.93. The number of ether oxygens (including phenoxy) is 1. The minimum Gasteiger partial charge on any atom is -0.437 e. The van der Waals surface area contributed by atoms with Crippen LogP contribution in [0.25, 0.3) is 10.8 Å². The van der Waals surface area contributed by atoms with E-state index in [0.29, 0.717) is 17.3 Å².